The van der Waals surface area contributed by atoms with E-state index in [2.05, 4.69) is 29.7 Å². The molecular weight excluding hydrogens is 342 g/mol. The van der Waals surface area contributed by atoms with E-state index in [9.17, 15) is 9.59 Å². The Morgan fingerprint density at radius 2 is 1.67 bits per heavy atom. The second kappa shape index (κ2) is 9.52. The Morgan fingerprint density at radius 3 is 2.26 bits per heavy atom. The Balaban J connectivity index is 1.88. The quantitative estimate of drug-likeness (QED) is 0.466. The van der Waals surface area contributed by atoms with Gasteiger partial charge in [-0.05, 0) is 60.7 Å². The van der Waals surface area contributed by atoms with Gasteiger partial charge in [0, 0.05) is 5.69 Å². The van der Waals surface area contributed by atoms with Gasteiger partial charge in [0.1, 0.15) is 5.75 Å². The van der Waals surface area contributed by atoms with E-state index in [1.165, 1.54) is 6.21 Å². The summed E-state index contributed by atoms with van der Waals surface area (Å²) in [6.07, 6.45) is 1.47. The number of para-hydroxylation sites is 1. The molecule has 6 nitrogen and oxygen atoms in total. The molecule has 0 saturated heterocycles. The number of carbonyl (C=O) groups is 2. The number of carbonyl (C=O) groups excluding carboxylic acids is 2. The van der Waals surface area contributed by atoms with Crippen LogP contribution in [0, 0.1) is 19.8 Å². The third-order valence-corrected chi connectivity index (χ3v) is 3.77. The standard InChI is InChI=1S/C21H25N3O3/c1-14(2)13-27-18-10-8-17(9-11-18)12-22-24-21(26)20(25)23-19-15(3)6-5-7-16(19)4/h5-12,14H,13H2,1-4H3,(H,23,25)(H,24,26)/b22-12-. The smallest absolute Gasteiger partial charge is 0.329 e. The number of hydrogen-bond acceptors (Lipinski definition) is 4. The first-order valence-electron chi connectivity index (χ1n) is 8.80. The summed E-state index contributed by atoms with van der Waals surface area (Å²) in [6.45, 7) is 8.56. The predicted molar refractivity (Wildman–Crippen MR) is 107 cm³/mol. The maximum Gasteiger partial charge on any atom is 0.329 e. The predicted octanol–water partition coefficient (Wildman–Crippen LogP) is 3.43. The molecule has 2 aromatic carbocycles. The minimum Gasteiger partial charge on any atom is -0.493 e. The van der Waals surface area contributed by atoms with Crippen LogP contribution in [0.25, 0.3) is 0 Å². The third-order valence-electron chi connectivity index (χ3n) is 3.77. The van der Waals surface area contributed by atoms with Crippen LogP contribution >= 0.6 is 0 Å². The molecule has 2 N–H and O–H groups in total. The molecule has 0 radical (unpaired) electrons. The van der Waals surface area contributed by atoms with Gasteiger partial charge in [0.25, 0.3) is 0 Å². The highest BCUT2D eigenvalue weighted by Crippen LogP contribution is 2.19. The van der Waals surface area contributed by atoms with E-state index < -0.39 is 11.8 Å². The highest BCUT2D eigenvalue weighted by Gasteiger charge is 2.15. The Labute approximate surface area is 159 Å². The molecule has 2 aromatic rings. The molecule has 0 aromatic heterocycles. The van der Waals surface area contributed by atoms with Gasteiger partial charge in [0.2, 0.25) is 0 Å². The van der Waals surface area contributed by atoms with E-state index in [0.29, 0.717) is 18.2 Å². The fourth-order valence-corrected chi connectivity index (χ4v) is 2.31. The third kappa shape index (κ3) is 6.26. The van der Waals surface area contributed by atoms with Crippen molar-refractivity contribution in [1.29, 1.82) is 0 Å². The lowest BCUT2D eigenvalue weighted by Gasteiger charge is -2.10. The van der Waals surface area contributed by atoms with Crippen LogP contribution in [0.3, 0.4) is 0 Å². The molecule has 0 aliphatic carbocycles. The number of hydrogen-bond donors (Lipinski definition) is 2. The zero-order valence-electron chi connectivity index (χ0n) is 16.1. The summed E-state index contributed by atoms with van der Waals surface area (Å²) < 4.78 is 5.61. The lowest BCUT2D eigenvalue weighted by molar-refractivity contribution is -0.136. The van der Waals surface area contributed by atoms with Crippen molar-refractivity contribution in [3.8, 4) is 5.75 Å². The molecule has 0 saturated carbocycles. The maximum atomic E-state index is 12.0. The second-order valence-corrected chi connectivity index (χ2v) is 6.69. The van der Waals surface area contributed by atoms with Crippen LogP contribution in [0.15, 0.2) is 47.6 Å². The molecule has 0 bridgehead atoms. The van der Waals surface area contributed by atoms with Crippen LogP contribution in [-0.2, 0) is 9.59 Å². The van der Waals surface area contributed by atoms with Crippen molar-refractivity contribution in [1.82, 2.24) is 5.43 Å². The summed E-state index contributed by atoms with van der Waals surface area (Å²) in [7, 11) is 0. The Morgan fingerprint density at radius 1 is 1.04 bits per heavy atom. The summed E-state index contributed by atoms with van der Waals surface area (Å²) >= 11 is 0. The van der Waals surface area contributed by atoms with Gasteiger partial charge in [0.05, 0.1) is 12.8 Å². The number of anilines is 1. The zero-order chi connectivity index (χ0) is 19.8. The first-order chi connectivity index (χ1) is 12.9. The van der Waals surface area contributed by atoms with Crippen molar-refractivity contribution in [3.63, 3.8) is 0 Å². The number of hydrazone groups is 1. The fourth-order valence-electron chi connectivity index (χ4n) is 2.31. The van der Waals surface area contributed by atoms with E-state index in [4.69, 9.17) is 4.74 Å². The van der Waals surface area contributed by atoms with Crippen LogP contribution in [0.2, 0.25) is 0 Å². The average Bonchev–Trinajstić information content (AvgIpc) is 2.64. The number of rotatable bonds is 6. The Hall–Kier alpha value is -3.15. The van der Waals surface area contributed by atoms with E-state index in [0.717, 1.165) is 22.4 Å². The van der Waals surface area contributed by atoms with Crippen molar-refractivity contribution < 1.29 is 14.3 Å². The molecular formula is C21H25N3O3. The maximum absolute atomic E-state index is 12.0. The van der Waals surface area contributed by atoms with Gasteiger partial charge in [-0.3, -0.25) is 9.59 Å². The fraction of sp³-hybridized carbons (Fsp3) is 0.286. The number of aryl methyl sites for hydroxylation is 2. The summed E-state index contributed by atoms with van der Waals surface area (Å²) in [4.78, 5) is 23.9. The molecule has 0 fully saturated rings. The highest BCUT2D eigenvalue weighted by atomic mass is 16.5. The van der Waals surface area contributed by atoms with Gasteiger partial charge in [-0.1, -0.05) is 32.0 Å². The molecule has 0 heterocycles. The number of nitrogens with one attached hydrogen (secondary N) is 2. The molecule has 0 unspecified atom stereocenters. The lowest BCUT2D eigenvalue weighted by atomic mass is 10.1. The second-order valence-electron chi connectivity index (χ2n) is 6.69. The molecule has 2 rings (SSSR count). The Bertz CT molecular complexity index is 807. The van der Waals surface area contributed by atoms with Crippen LogP contribution in [-0.4, -0.2) is 24.6 Å². The minimum atomic E-state index is -0.828. The van der Waals surface area contributed by atoms with Gasteiger partial charge >= 0.3 is 11.8 Å². The van der Waals surface area contributed by atoms with E-state index in [-0.39, 0.29) is 0 Å². The van der Waals surface area contributed by atoms with Crippen LogP contribution in [0.5, 0.6) is 5.75 Å². The number of nitrogens with zero attached hydrogens (tertiary/aromatic N) is 1. The number of benzene rings is 2. The molecule has 0 aliphatic rings. The topological polar surface area (TPSA) is 79.8 Å². The van der Waals surface area contributed by atoms with Crippen molar-refractivity contribution >= 4 is 23.7 Å². The largest absolute Gasteiger partial charge is 0.493 e. The number of ether oxygens (including phenoxy) is 1. The average molecular weight is 367 g/mol. The van der Waals surface area contributed by atoms with Gasteiger partial charge in [-0.25, -0.2) is 5.43 Å². The van der Waals surface area contributed by atoms with E-state index in [1.807, 2.05) is 56.3 Å². The molecule has 142 valence electrons. The van der Waals surface area contributed by atoms with E-state index in [1.54, 1.807) is 0 Å². The summed E-state index contributed by atoms with van der Waals surface area (Å²) in [5, 5.41) is 6.44. The molecule has 27 heavy (non-hydrogen) atoms. The van der Waals surface area contributed by atoms with Crippen LogP contribution in [0.4, 0.5) is 5.69 Å². The number of amides is 2. The molecule has 0 spiro atoms. The SMILES string of the molecule is Cc1cccc(C)c1NC(=O)C(=O)N/N=C\c1ccc(OCC(C)C)cc1. The Kier molecular flexibility index (Phi) is 7.11. The van der Waals surface area contributed by atoms with Gasteiger partial charge in [0.15, 0.2) is 0 Å². The van der Waals surface area contributed by atoms with Gasteiger partial charge < -0.3 is 10.1 Å². The first-order valence-corrected chi connectivity index (χ1v) is 8.80. The highest BCUT2D eigenvalue weighted by molar-refractivity contribution is 6.39. The van der Waals surface area contributed by atoms with Gasteiger partial charge in [-0.2, -0.15) is 5.10 Å². The molecule has 2 amide bonds. The molecule has 0 aliphatic heterocycles. The van der Waals surface area contributed by atoms with Crippen molar-refractivity contribution in [2.45, 2.75) is 27.7 Å². The molecule has 0 atom stereocenters. The lowest BCUT2D eigenvalue weighted by Crippen LogP contribution is -2.32. The van der Waals surface area contributed by atoms with Crippen LogP contribution < -0.4 is 15.5 Å². The molecule has 6 heteroatoms. The van der Waals surface area contributed by atoms with Gasteiger partial charge in [-0.15, -0.1) is 0 Å². The summed E-state index contributed by atoms with van der Waals surface area (Å²) in [5.74, 6) is -0.360. The summed E-state index contributed by atoms with van der Waals surface area (Å²) in [5.41, 5.74) is 5.43. The first kappa shape index (κ1) is 20.2. The summed E-state index contributed by atoms with van der Waals surface area (Å²) in [6, 6.07) is 12.9. The monoisotopic (exact) mass is 367 g/mol. The van der Waals surface area contributed by atoms with Crippen molar-refractivity contribution in [3.05, 3.63) is 59.2 Å². The van der Waals surface area contributed by atoms with Crippen LogP contribution in [0.1, 0.15) is 30.5 Å². The van der Waals surface area contributed by atoms with Crippen molar-refractivity contribution in [2.24, 2.45) is 11.0 Å². The van der Waals surface area contributed by atoms with E-state index >= 15 is 0 Å². The zero-order valence-corrected chi connectivity index (χ0v) is 16.1. The van der Waals surface area contributed by atoms with Crippen molar-refractivity contribution in [2.75, 3.05) is 11.9 Å². The normalized spacial score (nSPS) is 10.9. The minimum absolute atomic E-state index is 0.455.